The highest BCUT2D eigenvalue weighted by molar-refractivity contribution is 7.89. The molecule has 0 saturated carbocycles. The standard InChI is InChI=1S/C19H17F3N4O3S/c1-26(2)30(28,29)14-10-8-13(9-11-14)18(27)23-17-15(12-6-4-3-5-7-12)16(24-25-17)19(20,21)22/h3-11H,1-2H3,(H2,23,24,25,27). The molecule has 11 heteroatoms. The molecule has 2 aromatic carbocycles. The third-order valence-corrected chi connectivity index (χ3v) is 6.07. The first-order chi connectivity index (χ1) is 14.0. The number of alkyl halides is 3. The first-order valence-corrected chi connectivity index (χ1v) is 10.0. The van der Waals surface area contributed by atoms with Crippen molar-refractivity contribution in [2.24, 2.45) is 0 Å². The second-order valence-corrected chi connectivity index (χ2v) is 8.60. The van der Waals surface area contributed by atoms with Crippen LogP contribution in [0.4, 0.5) is 19.0 Å². The van der Waals surface area contributed by atoms with Crippen LogP contribution in [0.25, 0.3) is 11.1 Å². The molecule has 0 aliphatic heterocycles. The average Bonchev–Trinajstić information content (AvgIpc) is 3.12. The molecule has 158 valence electrons. The maximum Gasteiger partial charge on any atom is 0.433 e. The zero-order valence-corrected chi connectivity index (χ0v) is 16.7. The first-order valence-electron chi connectivity index (χ1n) is 8.56. The molecule has 2 N–H and O–H groups in total. The number of hydrogen-bond acceptors (Lipinski definition) is 4. The smallest absolute Gasteiger partial charge is 0.305 e. The van der Waals surface area contributed by atoms with Crippen LogP contribution in [0, 0.1) is 0 Å². The van der Waals surface area contributed by atoms with Crippen LogP contribution in [-0.4, -0.2) is 42.9 Å². The molecule has 3 aromatic rings. The van der Waals surface area contributed by atoms with Gasteiger partial charge in [-0.3, -0.25) is 9.89 Å². The maximum absolute atomic E-state index is 13.4. The van der Waals surface area contributed by atoms with Gasteiger partial charge in [-0.05, 0) is 29.8 Å². The Labute approximate surface area is 170 Å². The van der Waals surface area contributed by atoms with E-state index < -0.39 is 27.8 Å². The molecule has 7 nitrogen and oxygen atoms in total. The van der Waals surface area contributed by atoms with Crippen molar-refractivity contribution in [2.45, 2.75) is 11.1 Å². The van der Waals surface area contributed by atoms with Crippen LogP contribution in [0.2, 0.25) is 0 Å². The number of sulfonamides is 1. The van der Waals surface area contributed by atoms with Gasteiger partial charge in [0, 0.05) is 19.7 Å². The van der Waals surface area contributed by atoms with E-state index in [9.17, 15) is 26.4 Å². The van der Waals surface area contributed by atoms with E-state index in [2.05, 4.69) is 10.4 Å². The maximum atomic E-state index is 13.4. The van der Waals surface area contributed by atoms with Crippen molar-refractivity contribution < 1.29 is 26.4 Å². The summed E-state index contributed by atoms with van der Waals surface area (Å²) in [6, 6.07) is 12.8. The van der Waals surface area contributed by atoms with E-state index in [-0.39, 0.29) is 27.4 Å². The molecule has 0 aliphatic rings. The van der Waals surface area contributed by atoms with E-state index in [0.29, 0.717) is 0 Å². The quantitative estimate of drug-likeness (QED) is 0.636. The Balaban J connectivity index is 1.94. The summed E-state index contributed by atoms with van der Waals surface area (Å²) in [7, 11) is -0.931. The number of amides is 1. The predicted molar refractivity (Wildman–Crippen MR) is 104 cm³/mol. The number of halogens is 3. The van der Waals surface area contributed by atoms with Gasteiger partial charge in [-0.1, -0.05) is 30.3 Å². The summed E-state index contributed by atoms with van der Waals surface area (Å²) in [5.41, 5.74) is -1.09. The number of H-pyrrole nitrogens is 1. The summed E-state index contributed by atoms with van der Waals surface area (Å²) >= 11 is 0. The lowest BCUT2D eigenvalue weighted by Crippen LogP contribution is -2.22. The van der Waals surface area contributed by atoms with Crippen molar-refractivity contribution in [1.82, 2.24) is 14.5 Å². The molecule has 3 rings (SSSR count). The minimum atomic E-state index is -4.71. The SMILES string of the molecule is CN(C)S(=O)(=O)c1ccc(C(=O)Nc2n[nH]c(C(F)(F)F)c2-c2ccccc2)cc1. The number of nitrogens with zero attached hydrogens (tertiary/aromatic N) is 2. The lowest BCUT2D eigenvalue weighted by atomic mass is 10.0. The summed E-state index contributed by atoms with van der Waals surface area (Å²) in [5.74, 6) is -1.02. The van der Waals surface area contributed by atoms with Gasteiger partial charge < -0.3 is 5.32 Å². The molecule has 0 saturated heterocycles. The van der Waals surface area contributed by atoms with Crippen molar-refractivity contribution in [3.05, 3.63) is 65.9 Å². The Kier molecular flexibility index (Phi) is 5.68. The fourth-order valence-corrected chi connectivity index (χ4v) is 3.59. The molecule has 1 aromatic heterocycles. The van der Waals surface area contributed by atoms with Crippen LogP contribution in [0.1, 0.15) is 16.1 Å². The van der Waals surface area contributed by atoms with Gasteiger partial charge >= 0.3 is 6.18 Å². The number of rotatable bonds is 5. The topological polar surface area (TPSA) is 95.2 Å². The first kappa shape index (κ1) is 21.5. The fourth-order valence-electron chi connectivity index (χ4n) is 2.69. The van der Waals surface area contributed by atoms with Crippen molar-refractivity contribution in [2.75, 3.05) is 19.4 Å². The van der Waals surface area contributed by atoms with Crippen LogP contribution in [0.15, 0.2) is 59.5 Å². The third kappa shape index (κ3) is 4.21. The number of nitrogens with one attached hydrogen (secondary N) is 2. The number of aromatic nitrogens is 2. The van der Waals surface area contributed by atoms with Gasteiger partial charge in [0.2, 0.25) is 10.0 Å². The molecule has 0 aliphatic carbocycles. The Morgan fingerprint density at radius 2 is 1.63 bits per heavy atom. The molecule has 0 radical (unpaired) electrons. The van der Waals surface area contributed by atoms with Gasteiger partial charge in [0.05, 0.1) is 10.5 Å². The molecule has 1 amide bonds. The van der Waals surface area contributed by atoms with E-state index in [0.717, 1.165) is 4.31 Å². The van der Waals surface area contributed by atoms with E-state index in [1.54, 1.807) is 18.2 Å². The van der Waals surface area contributed by atoms with Gasteiger partial charge in [0.25, 0.3) is 5.91 Å². The van der Waals surface area contributed by atoms with Crippen molar-refractivity contribution >= 4 is 21.7 Å². The average molecular weight is 438 g/mol. The van der Waals surface area contributed by atoms with Gasteiger partial charge in [0.15, 0.2) is 5.82 Å². The minimum Gasteiger partial charge on any atom is -0.305 e. The van der Waals surface area contributed by atoms with Crippen LogP contribution in [0.5, 0.6) is 0 Å². The summed E-state index contributed by atoms with van der Waals surface area (Å²) in [6.45, 7) is 0. The second kappa shape index (κ2) is 7.92. The van der Waals surface area contributed by atoms with Crippen LogP contribution in [-0.2, 0) is 16.2 Å². The van der Waals surface area contributed by atoms with E-state index in [1.807, 2.05) is 5.10 Å². The van der Waals surface area contributed by atoms with Crippen molar-refractivity contribution in [3.8, 4) is 11.1 Å². The van der Waals surface area contributed by atoms with E-state index >= 15 is 0 Å². The molecule has 0 fully saturated rings. The van der Waals surface area contributed by atoms with Crippen molar-refractivity contribution in [3.63, 3.8) is 0 Å². The van der Waals surface area contributed by atoms with Crippen LogP contribution >= 0.6 is 0 Å². The largest absolute Gasteiger partial charge is 0.433 e. The third-order valence-electron chi connectivity index (χ3n) is 4.24. The molecule has 30 heavy (non-hydrogen) atoms. The second-order valence-electron chi connectivity index (χ2n) is 6.45. The molecular weight excluding hydrogens is 421 g/mol. The minimum absolute atomic E-state index is 0.0202. The number of hydrogen-bond donors (Lipinski definition) is 2. The number of benzene rings is 2. The molecule has 0 bridgehead atoms. The number of aromatic amines is 1. The summed E-state index contributed by atoms with van der Waals surface area (Å²) < 4.78 is 65.4. The number of carbonyl (C=O) groups excluding carboxylic acids is 1. The lowest BCUT2D eigenvalue weighted by Gasteiger charge is -2.12. The summed E-state index contributed by atoms with van der Waals surface area (Å²) in [6.07, 6.45) is -4.71. The van der Waals surface area contributed by atoms with Crippen molar-refractivity contribution in [1.29, 1.82) is 0 Å². The van der Waals surface area contributed by atoms with E-state index in [4.69, 9.17) is 0 Å². The highest BCUT2D eigenvalue weighted by atomic mass is 32.2. The van der Waals surface area contributed by atoms with Gasteiger partial charge in [-0.2, -0.15) is 18.3 Å². The Morgan fingerprint density at radius 3 is 2.17 bits per heavy atom. The lowest BCUT2D eigenvalue weighted by molar-refractivity contribution is -0.140. The van der Waals surface area contributed by atoms with Crippen LogP contribution in [0.3, 0.4) is 0 Å². The number of anilines is 1. The van der Waals surface area contributed by atoms with Gasteiger partial charge in [-0.15, -0.1) is 0 Å². The summed E-state index contributed by atoms with van der Waals surface area (Å²) in [4.78, 5) is 12.5. The molecule has 0 atom stereocenters. The molecular formula is C19H17F3N4O3S. The normalized spacial score (nSPS) is 12.2. The number of carbonyl (C=O) groups is 1. The van der Waals surface area contributed by atoms with Crippen LogP contribution < -0.4 is 5.32 Å². The van der Waals surface area contributed by atoms with Gasteiger partial charge in [0.1, 0.15) is 5.69 Å². The Morgan fingerprint density at radius 1 is 1.03 bits per heavy atom. The fraction of sp³-hybridized carbons (Fsp3) is 0.158. The van der Waals surface area contributed by atoms with E-state index in [1.165, 1.54) is 50.5 Å². The monoisotopic (exact) mass is 438 g/mol. The Hall–Kier alpha value is -3.18. The zero-order valence-electron chi connectivity index (χ0n) is 15.9. The predicted octanol–water partition coefficient (Wildman–Crippen LogP) is 3.60. The zero-order chi connectivity index (χ0) is 22.1. The molecule has 1 heterocycles. The summed E-state index contributed by atoms with van der Waals surface area (Å²) in [5, 5.41) is 7.92. The molecule has 0 spiro atoms. The van der Waals surface area contributed by atoms with Gasteiger partial charge in [-0.25, -0.2) is 12.7 Å². The highest BCUT2D eigenvalue weighted by Gasteiger charge is 2.38. The Bertz CT molecular complexity index is 1160. The highest BCUT2D eigenvalue weighted by Crippen LogP contribution is 2.39. The molecule has 0 unspecified atom stereocenters.